The molecule has 3 heteroatoms. The zero-order chi connectivity index (χ0) is 8.10. The second-order valence-corrected chi connectivity index (χ2v) is 2.43. The predicted octanol–water partition coefficient (Wildman–Crippen LogP) is 0.823. The van der Waals surface area contributed by atoms with Crippen molar-refractivity contribution in [2.24, 2.45) is 5.90 Å². The van der Waals surface area contributed by atoms with Gasteiger partial charge >= 0.3 is 0 Å². The molecule has 0 spiro atoms. The van der Waals surface area contributed by atoms with E-state index in [9.17, 15) is 0 Å². The van der Waals surface area contributed by atoms with E-state index < -0.39 is 0 Å². The largest absolute Gasteiger partial charge is 0.304 e. The van der Waals surface area contributed by atoms with Crippen molar-refractivity contribution in [1.29, 1.82) is 0 Å². The van der Waals surface area contributed by atoms with Gasteiger partial charge in [0, 0.05) is 11.9 Å². The Hall–Kier alpha value is -0.930. The SMILES string of the molecule is Cc1ccc(CCON)cn1. The van der Waals surface area contributed by atoms with Crippen molar-refractivity contribution in [2.75, 3.05) is 6.61 Å². The Kier molecular flexibility index (Phi) is 3.01. The maximum atomic E-state index is 4.89. The minimum absolute atomic E-state index is 0.546. The molecule has 1 aromatic heterocycles. The van der Waals surface area contributed by atoms with Gasteiger partial charge in [0.1, 0.15) is 0 Å². The van der Waals surface area contributed by atoms with Gasteiger partial charge in [-0.15, -0.1) is 0 Å². The van der Waals surface area contributed by atoms with Crippen molar-refractivity contribution in [2.45, 2.75) is 13.3 Å². The van der Waals surface area contributed by atoms with Crippen LogP contribution in [0.2, 0.25) is 0 Å². The van der Waals surface area contributed by atoms with Gasteiger partial charge in [0.15, 0.2) is 0 Å². The van der Waals surface area contributed by atoms with Crippen molar-refractivity contribution < 1.29 is 4.84 Å². The zero-order valence-corrected chi connectivity index (χ0v) is 6.58. The van der Waals surface area contributed by atoms with Gasteiger partial charge < -0.3 is 4.84 Å². The molecule has 0 aromatic carbocycles. The Morgan fingerprint density at radius 2 is 2.36 bits per heavy atom. The molecular formula is C8H12N2O. The van der Waals surface area contributed by atoms with E-state index in [4.69, 9.17) is 5.90 Å². The molecule has 1 aromatic rings. The van der Waals surface area contributed by atoms with E-state index in [1.54, 1.807) is 0 Å². The standard InChI is InChI=1S/C8H12N2O/c1-7-2-3-8(6-10-7)4-5-11-9/h2-3,6H,4-5,9H2,1H3. The zero-order valence-electron chi connectivity index (χ0n) is 6.58. The summed E-state index contributed by atoms with van der Waals surface area (Å²) in [6.07, 6.45) is 2.66. The molecule has 2 N–H and O–H groups in total. The molecule has 11 heavy (non-hydrogen) atoms. The average Bonchev–Trinajstić information content (AvgIpc) is 2.04. The Labute approximate surface area is 66.2 Å². The first-order valence-corrected chi connectivity index (χ1v) is 3.56. The van der Waals surface area contributed by atoms with Gasteiger partial charge in [-0.05, 0) is 25.0 Å². The normalized spacial score (nSPS) is 10.0. The summed E-state index contributed by atoms with van der Waals surface area (Å²) >= 11 is 0. The third kappa shape index (κ3) is 2.65. The minimum atomic E-state index is 0.546. The van der Waals surface area contributed by atoms with E-state index in [1.807, 2.05) is 25.3 Å². The Bertz CT molecular complexity index is 208. The number of pyridine rings is 1. The summed E-state index contributed by atoms with van der Waals surface area (Å²) in [5, 5.41) is 0. The summed E-state index contributed by atoms with van der Waals surface area (Å²) in [6, 6.07) is 4.01. The van der Waals surface area contributed by atoms with Crippen LogP contribution in [-0.4, -0.2) is 11.6 Å². The Balaban J connectivity index is 2.52. The van der Waals surface area contributed by atoms with E-state index in [2.05, 4.69) is 9.82 Å². The van der Waals surface area contributed by atoms with Crippen molar-refractivity contribution in [1.82, 2.24) is 4.98 Å². The van der Waals surface area contributed by atoms with Gasteiger partial charge in [-0.3, -0.25) is 4.98 Å². The molecule has 0 fully saturated rings. The lowest BCUT2D eigenvalue weighted by Gasteiger charge is -1.98. The number of nitrogens with two attached hydrogens (primary N) is 1. The van der Waals surface area contributed by atoms with Gasteiger partial charge in [0.25, 0.3) is 0 Å². The first-order valence-electron chi connectivity index (χ1n) is 3.56. The van der Waals surface area contributed by atoms with E-state index >= 15 is 0 Å². The molecule has 60 valence electrons. The summed E-state index contributed by atoms with van der Waals surface area (Å²) in [4.78, 5) is 8.58. The van der Waals surface area contributed by atoms with Crippen molar-refractivity contribution in [3.63, 3.8) is 0 Å². The van der Waals surface area contributed by atoms with Gasteiger partial charge in [-0.2, -0.15) is 0 Å². The molecule has 0 bridgehead atoms. The monoisotopic (exact) mass is 152 g/mol. The smallest absolute Gasteiger partial charge is 0.0720 e. The molecule has 0 saturated carbocycles. The fraction of sp³-hybridized carbons (Fsp3) is 0.375. The first-order chi connectivity index (χ1) is 5.33. The second kappa shape index (κ2) is 4.05. The molecule has 0 aliphatic rings. The van der Waals surface area contributed by atoms with E-state index in [0.29, 0.717) is 6.61 Å². The Morgan fingerprint density at radius 1 is 1.55 bits per heavy atom. The van der Waals surface area contributed by atoms with E-state index in [-0.39, 0.29) is 0 Å². The van der Waals surface area contributed by atoms with E-state index in [1.165, 1.54) is 0 Å². The fourth-order valence-corrected chi connectivity index (χ4v) is 0.823. The number of aromatic nitrogens is 1. The van der Waals surface area contributed by atoms with Gasteiger partial charge in [0.05, 0.1) is 6.61 Å². The number of rotatable bonds is 3. The van der Waals surface area contributed by atoms with E-state index in [0.717, 1.165) is 17.7 Å². The molecule has 0 atom stereocenters. The highest BCUT2D eigenvalue weighted by Crippen LogP contribution is 1.99. The molecule has 1 heterocycles. The minimum Gasteiger partial charge on any atom is -0.304 e. The number of aryl methyl sites for hydroxylation is 1. The highest BCUT2D eigenvalue weighted by molar-refractivity contribution is 5.12. The van der Waals surface area contributed by atoms with Crippen LogP contribution in [0, 0.1) is 6.92 Å². The summed E-state index contributed by atoms with van der Waals surface area (Å²) in [6.45, 7) is 2.51. The Morgan fingerprint density at radius 3 is 2.91 bits per heavy atom. The van der Waals surface area contributed by atoms with Crippen LogP contribution >= 0.6 is 0 Å². The molecule has 0 unspecified atom stereocenters. The lowest BCUT2D eigenvalue weighted by atomic mass is 10.2. The van der Waals surface area contributed by atoms with Crippen LogP contribution in [-0.2, 0) is 11.3 Å². The summed E-state index contributed by atoms with van der Waals surface area (Å²) < 4.78 is 0. The maximum Gasteiger partial charge on any atom is 0.0720 e. The van der Waals surface area contributed by atoms with Crippen molar-refractivity contribution >= 4 is 0 Å². The summed E-state index contributed by atoms with van der Waals surface area (Å²) in [7, 11) is 0. The van der Waals surface area contributed by atoms with Gasteiger partial charge in [-0.25, -0.2) is 5.90 Å². The van der Waals surface area contributed by atoms with Gasteiger partial charge in [0.2, 0.25) is 0 Å². The summed E-state index contributed by atoms with van der Waals surface area (Å²) in [5.41, 5.74) is 2.18. The second-order valence-electron chi connectivity index (χ2n) is 2.43. The predicted molar refractivity (Wildman–Crippen MR) is 42.8 cm³/mol. The summed E-state index contributed by atoms with van der Waals surface area (Å²) in [5.74, 6) is 4.89. The van der Waals surface area contributed by atoms with Crippen LogP contribution in [0.5, 0.6) is 0 Å². The maximum absolute atomic E-state index is 4.89. The third-order valence-corrected chi connectivity index (χ3v) is 1.48. The topological polar surface area (TPSA) is 48.1 Å². The quantitative estimate of drug-likeness (QED) is 0.652. The number of hydrogen-bond donors (Lipinski definition) is 1. The molecule has 0 aliphatic carbocycles. The van der Waals surface area contributed by atoms with Crippen molar-refractivity contribution in [3.8, 4) is 0 Å². The average molecular weight is 152 g/mol. The van der Waals surface area contributed by atoms with Gasteiger partial charge in [-0.1, -0.05) is 6.07 Å². The molecule has 0 saturated heterocycles. The highest BCUT2D eigenvalue weighted by atomic mass is 16.6. The molecule has 0 amide bonds. The van der Waals surface area contributed by atoms with Crippen molar-refractivity contribution in [3.05, 3.63) is 29.6 Å². The fourth-order valence-electron chi connectivity index (χ4n) is 0.823. The molecule has 1 rings (SSSR count). The molecule has 0 radical (unpaired) electrons. The molecule has 3 nitrogen and oxygen atoms in total. The first kappa shape index (κ1) is 8.17. The van der Waals surface area contributed by atoms with Crippen LogP contribution in [0.1, 0.15) is 11.3 Å². The lowest BCUT2D eigenvalue weighted by Crippen LogP contribution is -2.03. The van der Waals surface area contributed by atoms with Crippen LogP contribution < -0.4 is 5.90 Å². The number of hydrogen-bond acceptors (Lipinski definition) is 3. The lowest BCUT2D eigenvalue weighted by molar-refractivity contribution is 0.141. The van der Waals surface area contributed by atoms with Crippen LogP contribution in [0.15, 0.2) is 18.3 Å². The van der Waals surface area contributed by atoms with Crippen LogP contribution in [0.4, 0.5) is 0 Å². The molecule has 0 aliphatic heterocycles. The third-order valence-electron chi connectivity index (χ3n) is 1.48. The molecular weight excluding hydrogens is 140 g/mol. The van der Waals surface area contributed by atoms with Crippen LogP contribution in [0.25, 0.3) is 0 Å². The highest BCUT2D eigenvalue weighted by Gasteiger charge is 1.91. The number of nitrogens with zero attached hydrogens (tertiary/aromatic N) is 1. The van der Waals surface area contributed by atoms with Crippen LogP contribution in [0.3, 0.4) is 0 Å².